The van der Waals surface area contributed by atoms with Crippen LogP contribution in [0.25, 0.3) is 0 Å². The van der Waals surface area contributed by atoms with Gasteiger partial charge in [-0.1, -0.05) is 19.0 Å². The van der Waals surface area contributed by atoms with Crippen LogP contribution in [-0.2, 0) is 12.8 Å². The van der Waals surface area contributed by atoms with Gasteiger partial charge < -0.3 is 19.4 Å². The maximum atomic E-state index is 9.94. The molecule has 6 nitrogen and oxygen atoms in total. The van der Waals surface area contributed by atoms with Crippen molar-refractivity contribution in [2.75, 3.05) is 33.7 Å². The largest absolute Gasteiger partial charge is 0.393 e. The van der Waals surface area contributed by atoms with Crippen molar-refractivity contribution < 1.29 is 9.63 Å². The molecule has 0 aromatic carbocycles. The molecule has 120 valence electrons. The van der Waals surface area contributed by atoms with Gasteiger partial charge in [-0.25, -0.2) is 0 Å². The standard InChI is InChI=1S/C15H28N4O2/c1-11(2)7-13(20)9-15-16-14(17-21-15)8-12-10-18(3)5-6-19(12)4/h11-13,20H,5-10H2,1-4H3. The summed E-state index contributed by atoms with van der Waals surface area (Å²) in [4.78, 5) is 9.11. The minimum Gasteiger partial charge on any atom is -0.393 e. The summed E-state index contributed by atoms with van der Waals surface area (Å²) in [5, 5.41) is 14.0. The Morgan fingerprint density at radius 3 is 2.81 bits per heavy atom. The van der Waals surface area contributed by atoms with Gasteiger partial charge in [0.05, 0.1) is 12.5 Å². The molecule has 6 heteroatoms. The minimum absolute atomic E-state index is 0.401. The van der Waals surface area contributed by atoms with E-state index >= 15 is 0 Å². The van der Waals surface area contributed by atoms with Gasteiger partial charge in [0.25, 0.3) is 0 Å². The summed E-state index contributed by atoms with van der Waals surface area (Å²) in [7, 11) is 4.29. The van der Waals surface area contributed by atoms with Crippen molar-refractivity contribution in [3.05, 3.63) is 11.7 Å². The van der Waals surface area contributed by atoms with Crippen molar-refractivity contribution in [2.24, 2.45) is 5.92 Å². The molecule has 2 atom stereocenters. The van der Waals surface area contributed by atoms with E-state index in [1.54, 1.807) is 0 Å². The summed E-state index contributed by atoms with van der Waals surface area (Å²) in [6.45, 7) is 7.39. The molecule has 1 N–H and O–H groups in total. The van der Waals surface area contributed by atoms with Crippen LogP contribution in [0.1, 0.15) is 32.0 Å². The van der Waals surface area contributed by atoms with Gasteiger partial charge in [-0.3, -0.25) is 0 Å². The molecule has 0 radical (unpaired) electrons. The van der Waals surface area contributed by atoms with Crippen molar-refractivity contribution >= 4 is 0 Å². The second kappa shape index (κ2) is 7.33. The van der Waals surface area contributed by atoms with E-state index in [0.717, 1.165) is 38.3 Å². The Kier molecular flexibility index (Phi) is 5.72. The zero-order valence-corrected chi connectivity index (χ0v) is 13.6. The van der Waals surface area contributed by atoms with Gasteiger partial charge >= 0.3 is 0 Å². The van der Waals surface area contributed by atoms with E-state index in [1.165, 1.54) is 0 Å². The monoisotopic (exact) mass is 296 g/mol. The predicted octanol–water partition coefficient (Wildman–Crippen LogP) is 0.807. The second-order valence-electron chi connectivity index (χ2n) is 6.69. The van der Waals surface area contributed by atoms with E-state index in [4.69, 9.17) is 4.52 Å². The molecule has 1 aliphatic rings. The Labute approximate surface area is 127 Å². The van der Waals surface area contributed by atoms with E-state index in [1.807, 2.05) is 0 Å². The minimum atomic E-state index is -0.401. The van der Waals surface area contributed by atoms with Crippen molar-refractivity contribution in [3.63, 3.8) is 0 Å². The maximum Gasteiger partial charge on any atom is 0.229 e. The first-order chi connectivity index (χ1) is 9.94. The molecule has 2 rings (SSSR count). The highest BCUT2D eigenvalue weighted by molar-refractivity contribution is 4.94. The topological polar surface area (TPSA) is 65.6 Å². The summed E-state index contributed by atoms with van der Waals surface area (Å²) in [6.07, 6.45) is 1.60. The zero-order valence-electron chi connectivity index (χ0n) is 13.6. The number of likely N-dealkylation sites (N-methyl/N-ethyl adjacent to an activating group) is 2. The first-order valence-corrected chi connectivity index (χ1v) is 7.82. The normalized spacial score (nSPS) is 22.9. The highest BCUT2D eigenvalue weighted by Crippen LogP contribution is 2.13. The molecule has 1 aliphatic heterocycles. The van der Waals surface area contributed by atoms with Crippen molar-refractivity contribution in [1.82, 2.24) is 19.9 Å². The van der Waals surface area contributed by atoms with Crippen LogP contribution < -0.4 is 0 Å². The molecule has 21 heavy (non-hydrogen) atoms. The molecule has 2 unspecified atom stereocenters. The molecule has 1 fully saturated rings. The molecule has 0 spiro atoms. The lowest BCUT2D eigenvalue weighted by Crippen LogP contribution is -2.50. The number of aliphatic hydroxyl groups is 1. The second-order valence-corrected chi connectivity index (χ2v) is 6.69. The van der Waals surface area contributed by atoms with Gasteiger partial charge in [-0.2, -0.15) is 4.98 Å². The lowest BCUT2D eigenvalue weighted by Gasteiger charge is -2.37. The van der Waals surface area contributed by atoms with E-state index < -0.39 is 6.10 Å². The van der Waals surface area contributed by atoms with Gasteiger partial charge in [0.2, 0.25) is 5.89 Å². The Morgan fingerprint density at radius 2 is 2.10 bits per heavy atom. The van der Waals surface area contributed by atoms with Crippen LogP contribution in [0.4, 0.5) is 0 Å². The highest BCUT2D eigenvalue weighted by atomic mass is 16.5. The van der Waals surface area contributed by atoms with Crippen LogP contribution in [0.15, 0.2) is 4.52 Å². The molecule has 0 aliphatic carbocycles. The fourth-order valence-corrected chi connectivity index (χ4v) is 2.82. The molecular formula is C15H28N4O2. The first-order valence-electron chi connectivity index (χ1n) is 7.82. The van der Waals surface area contributed by atoms with E-state index in [-0.39, 0.29) is 0 Å². The third-order valence-corrected chi connectivity index (χ3v) is 4.06. The third kappa shape index (κ3) is 5.05. The average molecular weight is 296 g/mol. The van der Waals surface area contributed by atoms with Crippen LogP contribution in [0.5, 0.6) is 0 Å². The molecular weight excluding hydrogens is 268 g/mol. The number of rotatable bonds is 6. The Balaban J connectivity index is 1.87. The quantitative estimate of drug-likeness (QED) is 0.838. The van der Waals surface area contributed by atoms with Crippen molar-refractivity contribution in [1.29, 1.82) is 0 Å². The molecule has 2 heterocycles. The summed E-state index contributed by atoms with van der Waals surface area (Å²) in [5.74, 6) is 1.76. The number of piperazine rings is 1. The third-order valence-electron chi connectivity index (χ3n) is 4.06. The van der Waals surface area contributed by atoms with Gasteiger partial charge in [0.15, 0.2) is 5.82 Å². The Bertz CT molecular complexity index is 435. The van der Waals surface area contributed by atoms with Gasteiger partial charge in [-0.15, -0.1) is 0 Å². The van der Waals surface area contributed by atoms with Crippen LogP contribution in [0, 0.1) is 5.92 Å². The predicted molar refractivity (Wildman–Crippen MR) is 81.1 cm³/mol. The van der Waals surface area contributed by atoms with Crippen LogP contribution >= 0.6 is 0 Å². The van der Waals surface area contributed by atoms with E-state index in [2.05, 4.69) is 47.9 Å². The van der Waals surface area contributed by atoms with Crippen LogP contribution in [-0.4, -0.2) is 70.9 Å². The smallest absolute Gasteiger partial charge is 0.229 e. The number of nitrogens with zero attached hydrogens (tertiary/aromatic N) is 4. The van der Waals surface area contributed by atoms with Gasteiger partial charge in [0, 0.05) is 32.1 Å². The van der Waals surface area contributed by atoms with Gasteiger partial charge in [0.1, 0.15) is 0 Å². The van der Waals surface area contributed by atoms with E-state index in [9.17, 15) is 5.11 Å². The molecule has 1 aromatic rings. The lowest BCUT2D eigenvalue weighted by atomic mass is 10.0. The van der Waals surface area contributed by atoms with E-state index in [0.29, 0.717) is 24.3 Å². The Morgan fingerprint density at radius 1 is 1.33 bits per heavy atom. The SMILES string of the molecule is CC(C)CC(O)Cc1nc(CC2CN(C)CCN2C)no1. The summed E-state index contributed by atoms with van der Waals surface area (Å²) >= 11 is 0. The van der Waals surface area contributed by atoms with Crippen LogP contribution in [0.3, 0.4) is 0 Å². The average Bonchev–Trinajstić information content (AvgIpc) is 2.80. The molecule has 1 aromatic heterocycles. The molecule has 0 saturated carbocycles. The number of hydrogen-bond acceptors (Lipinski definition) is 6. The molecule has 0 amide bonds. The number of aromatic nitrogens is 2. The fraction of sp³-hybridized carbons (Fsp3) is 0.867. The van der Waals surface area contributed by atoms with Crippen molar-refractivity contribution in [3.8, 4) is 0 Å². The van der Waals surface area contributed by atoms with Crippen LogP contribution in [0.2, 0.25) is 0 Å². The zero-order chi connectivity index (χ0) is 15.4. The summed E-state index contributed by atoms with van der Waals surface area (Å²) < 4.78 is 5.27. The van der Waals surface area contributed by atoms with Gasteiger partial charge in [-0.05, 0) is 26.4 Å². The Hall–Kier alpha value is -0.980. The summed E-state index contributed by atoms with van der Waals surface area (Å²) in [5.41, 5.74) is 0. The number of aliphatic hydroxyl groups excluding tert-OH is 1. The molecule has 0 bridgehead atoms. The van der Waals surface area contributed by atoms with Crippen molar-refractivity contribution in [2.45, 2.75) is 45.3 Å². The highest BCUT2D eigenvalue weighted by Gasteiger charge is 2.24. The lowest BCUT2D eigenvalue weighted by molar-refractivity contribution is 0.113. The number of hydrogen-bond donors (Lipinski definition) is 1. The molecule has 1 saturated heterocycles. The fourth-order valence-electron chi connectivity index (χ4n) is 2.82. The maximum absolute atomic E-state index is 9.94. The first kappa shape index (κ1) is 16.4. The summed E-state index contributed by atoms with van der Waals surface area (Å²) in [6, 6.07) is 0.426.